The van der Waals surface area contributed by atoms with Gasteiger partial charge in [0.1, 0.15) is 11.3 Å². The predicted molar refractivity (Wildman–Crippen MR) is 114 cm³/mol. The standard InChI is InChI=1S/C23H28N2O4/c1-4-14-25(22-24-19-12-5-6-13-20(19)28-22)15-8-10-17-9-7-11-18(16-17)29-23(2,3)21(26)27/h5-7,9,11-13,16H,4,8,10,14-15H2,1-3H3,(H,26,27). The summed E-state index contributed by atoms with van der Waals surface area (Å²) in [7, 11) is 0. The number of carbonyl (C=O) groups is 1. The van der Waals surface area contributed by atoms with Crippen LogP contribution in [-0.2, 0) is 11.2 Å². The molecule has 0 saturated heterocycles. The molecule has 6 nitrogen and oxygen atoms in total. The molecule has 1 heterocycles. The van der Waals surface area contributed by atoms with Gasteiger partial charge >= 0.3 is 5.97 Å². The van der Waals surface area contributed by atoms with Gasteiger partial charge in [-0.2, -0.15) is 4.98 Å². The van der Waals surface area contributed by atoms with E-state index in [9.17, 15) is 9.90 Å². The predicted octanol–water partition coefficient (Wildman–Crippen LogP) is 4.92. The van der Waals surface area contributed by atoms with Gasteiger partial charge in [0.2, 0.25) is 0 Å². The third-order valence-electron chi connectivity index (χ3n) is 4.73. The van der Waals surface area contributed by atoms with E-state index in [1.807, 2.05) is 42.5 Å². The van der Waals surface area contributed by atoms with Crippen molar-refractivity contribution in [2.24, 2.45) is 0 Å². The molecule has 1 aromatic heterocycles. The summed E-state index contributed by atoms with van der Waals surface area (Å²) in [5, 5.41) is 9.24. The smallest absolute Gasteiger partial charge is 0.347 e. The van der Waals surface area contributed by atoms with Gasteiger partial charge in [-0.1, -0.05) is 31.2 Å². The Bertz CT molecular complexity index is 931. The number of hydrogen-bond acceptors (Lipinski definition) is 5. The molecular weight excluding hydrogens is 368 g/mol. The van der Waals surface area contributed by atoms with Gasteiger partial charge in [-0.15, -0.1) is 0 Å². The minimum atomic E-state index is -1.26. The number of ether oxygens (including phenoxy) is 1. The number of nitrogens with zero attached hydrogens (tertiary/aromatic N) is 2. The summed E-state index contributed by atoms with van der Waals surface area (Å²) in [5.41, 5.74) is 1.52. The number of hydrogen-bond donors (Lipinski definition) is 1. The van der Waals surface area contributed by atoms with E-state index in [1.165, 1.54) is 0 Å². The number of aliphatic carboxylic acids is 1. The third-order valence-corrected chi connectivity index (χ3v) is 4.73. The van der Waals surface area contributed by atoms with Crippen LogP contribution in [0.2, 0.25) is 0 Å². The molecule has 29 heavy (non-hydrogen) atoms. The number of fused-ring (bicyclic) bond motifs is 1. The molecule has 0 fully saturated rings. The first kappa shape index (κ1) is 20.7. The number of anilines is 1. The zero-order chi connectivity index (χ0) is 20.9. The van der Waals surface area contributed by atoms with E-state index in [0.29, 0.717) is 11.8 Å². The molecule has 1 N–H and O–H groups in total. The summed E-state index contributed by atoms with van der Waals surface area (Å²) in [6.07, 6.45) is 2.78. The first-order valence-corrected chi connectivity index (χ1v) is 10.0. The van der Waals surface area contributed by atoms with E-state index >= 15 is 0 Å². The van der Waals surface area contributed by atoms with Crippen molar-refractivity contribution in [3.8, 4) is 5.75 Å². The molecule has 154 valence electrons. The van der Waals surface area contributed by atoms with Crippen molar-refractivity contribution in [1.29, 1.82) is 0 Å². The second kappa shape index (κ2) is 8.99. The maximum absolute atomic E-state index is 11.3. The lowest BCUT2D eigenvalue weighted by atomic mass is 10.1. The zero-order valence-electron chi connectivity index (χ0n) is 17.2. The van der Waals surface area contributed by atoms with Crippen LogP contribution in [0.4, 0.5) is 6.01 Å². The van der Waals surface area contributed by atoms with Crippen molar-refractivity contribution in [1.82, 2.24) is 4.98 Å². The van der Waals surface area contributed by atoms with E-state index < -0.39 is 11.6 Å². The Morgan fingerprint density at radius 1 is 1.17 bits per heavy atom. The monoisotopic (exact) mass is 396 g/mol. The SMILES string of the molecule is CCCN(CCCc1cccc(OC(C)(C)C(=O)O)c1)c1nc2ccccc2o1. The number of aryl methyl sites for hydroxylation is 1. The van der Waals surface area contributed by atoms with Crippen LogP contribution >= 0.6 is 0 Å². The van der Waals surface area contributed by atoms with Crippen molar-refractivity contribution in [3.05, 3.63) is 54.1 Å². The van der Waals surface area contributed by atoms with Crippen molar-refractivity contribution in [2.75, 3.05) is 18.0 Å². The van der Waals surface area contributed by atoms with Gasteiger partial charge in [0, 0.05) is 13.1 Å². The highest BCUT2D eigenvalue weighted by atomic mass is 16.5. The van der Waals surface area contributed by atoms with Gasteiger partial charge in [-0.3, -0.25) is 0 Å². The van der Waals surface area contributed by atoms with Crippen LogP contribution in [0.3, 0.4) is 0 Å². The second-order valence-corrected chi connectivity index (χ2v) is 7.62. The van der Waals surface area contributed by atoms with Crippen LogP contribution in [0.15, 0.2) is 52.9 Å². The van der Waals surface area contributed by atoms with Crippen molar-refractivity contribution < 1.29 is 19.1 Å². The first-order chi connectivity index (χ1) is 13.9. The van der Waals surface area contributed by atoms with Crippen LogP contribution in [0.5, 0.6) is 5.75 Å². The van der Waals surface area contributed by atoms with Crippen molar-refractivity contribution in [2.45, 2.75) is 45.6 Å². The fourth-order valence-electron chi connectivity index (χ4n) is 3.15. The molecule has 0 radical (unpaired) electrons. The molecule has 0 unspecified atom stereocenters. The lowest BCUT2D eigenvalue weighted by molar-refractivity contribution is -0.152. The average molecular weight is 396 g/mol. The molecule has 0 spiro atoms. The van der Waals surface area contributed by atoms with Crippen molar-refractivity contribution >= 4 is 23.1 Å². The molecule has 0 amide bonds. The number of carboxylic acid groups (broad SMARTS) is 1. The molecule has 0 aliphatic carbocycles. The highest BCUT2D eigenvalue weighted by Crippen LogP contribution is 2.23. The summed E-state index contributed by atoms with van der Waals surface area (Å²) < 4.78 is 11.6. The number of carboxylic acids is 1. The summed E-state index contributed by atoms with van der Waals surface area (Å²) in [5.74, 6) is -0.421. The average Bonchev–Trinajstić information content (AvgIpc) is 3.11. The van der Waals surface area contributed by atoms with E-state index in [-0.39, 0.29) is 0 Å². The fraction of sp³-hybridized carbons (Fsp3) is 0.391. The van der Waals surface area contributed by atoms with Crippen molar-refractivity contribution in [3.63, 3.8) is 0 Å². The molecule has 3 rings (SSSR count). The molecule has 0 saturated carbocycles. The molecule has 2 aromatic carbocycles. The number of aromatic nitrogens is 1. The maximum Gasteiger partial charge on any atom is 0.347 e. The van der Waals surface area contributed by atoms with Gasteiger partial charge in [0.15, 0.2) is 11.2 Å². The van der Waals surface area contributed by atoms with E-state index in [0.717, 1.165) is 49.0 Å². The highest BCUT2D eigenvalue weighted by molar-refractivity contribution is 5.76. The van der Waals surface area contributed by atoms with Gasteiger partial charge in [-0.25, -0.2) is 4.79 Å². The summed E-state index contributed by atoms with van der Waals surface area (Å²) in [4.78, 5) is 18.1. The molecule has 3 aromatic rings. The van der Waals surface area contributed by atoms with Crippen LogP contribution in [0.1, 0.15) is 39.2 Å². The Labute approximate surface area is 171 Å². The van der Waals surface area contributed by atoms with Crippen LogP contribution in [-0.4, -0.2) is 34.8 Å². The fourth-order valence-corrected chi connectivity index (χ4v) is 3.15. The Kier molecular flexibility index (Phi) is 6.42. The van der Waals surface area contributed by atoms with Gasteiger partial charge in [0.25, 0.3) is 6.01 Å². The summed E-state index contributed by atoms with van der Waals surface area (Å²) >= 11 is 0. The lowest BCUT2D eigenvalue weighted by Gasteiger charge is -2.22. The maximum atomic E-state index is 11.3. The Morgan fingerprint density at radius 2 is 1.97 bits per heavy atom. The van der Waals surface area contributed by atoms with E-state index in [2.05, 4.69) is 16.8 Å². The Morgan fingerprint density at radius 3 is 2.69 bits per heavy atom. The lowest BCUT2D eigenvalue weighted by Crippen LogP contribution is -2.37. The summed E-state index contributed by atoms with van der Waals surface area (Å²) in [6.45, 7) is 6.94. The van der Waals surface area contributed by atoms with Crippen LogP contribution < -0.4 is 9.64 Å². The first-order valence-electron chi connectivity index (χ1n) is 10.0. The number of para-hydroxylation sites is 2. The quantitative estimate of drug-likeness (QED) is 0.524. The number of benzene rings is 2. The van der Waals surface area contributed by atoms with Gasteiger partial charge in [0.05, 0.1) is 0 Å². The zero-order valence-corrected chi connectivity index (χ0v) is 17.2. The molecule has 0 atom stereocenters. The normalized spacial score (nSPS) is 11.6. The van der Waals surface area contributed by atoms with E-state index in [1.54, 1.807) is 19.9 Å². The van der Waals surface area contributed by atoms with Crippen LogP contribution in [0, 0.1) is 0 Å². The molecule has 0 aliphatic heterocycles. The Hall–Kier alpha value is -3.02. The number of rotatable bonds is 10. The second-order valence-electron chi connectivity index (χ2n) is 7.62. The van der Waals surface area contributed by atoms with Crippen LogP contribution in [0.25, 0.3) is 11.1 Å². The third kappa shape index (κ3) is 5.28. The van der Waals surface area contributed by atoms with Gasteiger partial charge < -0.3 is 19.2 Å². The minimum absolute atomic E-state index is 0.569. The van der Waals surface area contributed by atoms with E-state index in [4.69, 9.17) is 9.15 Å². The molecular formula is C23H28N2O4. The minimum Gasteiger partial charge on any atom is -0.478 e. The summed E-state index contributed by atoms with van der Waals surface area (Å²) in [6, 6.07) is 16.1. The molecule has 0 aliphatic rings. The molecule has 0 bridgehead atoms. The largest absolute Gasteiger partial charge is 0.478 e. The Balaban J connectivity index is 1.62. The van der Waals surface area contributed by atoms with Gasteiger partial charge in [-0.05, 0) is 62.9 Å². The topological polar surface area (TPSA) is 75.8 Å². The molecule has 6 heteroatoms. The highest BCUT2D eigenvalue weighted by Gasteiger charge is 2.29. The number of oxazole rings is 1.